The highest BCUT2D eigenvalue weighted by molar-refractivity contribution is 5.87. The van der Waals surface area contributed by atoms with E-state index in [2.05, 4.69) is 24.9 Å². The van der Waals surface area contributed by atoms with Gasteiger partial charge < -0.3 is 15.0 Å². The number of aryl methyl sites for hydroxylation is 2. The largest absolute Gasteiger partial charge is 0.466 e. The van der Waals surface area contributed by atoms with E-state index in [-0.39, 0.29) is 11.7 Å². The van der Waals surface area contributed by atoms with Crippen LogP contribution in [0.5, 0.6) is 0 Å². The maximum Gasteiger partial charge on any atom is 0.330 e. The molecule has 2 heterocycles. The highest BCUT2D eigenvalue weighted by Gasteiger charge is 2.23. The molecule has 0 amide bonds. The van der Waals surface area contributed by atoms with E-state index < -0.39 is 10.9 Å². The number of benzene rings is 1. The van der Waals surface area contributed by atoms with Crippen molar-refractivity contribution in [2.45, 2.75) is 32.7 Å². The van der Waals surface area contributed by atoms with Crippen LogP contribution in [-0.4, -0.2) is 47.1 Å². The number of aromatic nitrogens is 2. The van der Waals surface area contributed by atoms with Crippen molar-refractivity contribution in [3.05, 3.63) is 57.5 Å². The van der Waals surface area contributed by atoms with Gasteiger partial charge in [-0.25, -0.2) is 14.8 Å². The molecule has 0 atom stereocenters. The van der Waals surface area contributed by atoms with Crippen LogP contribution >= 0.6 is 0 Å². The molecular formula is C21H25N5O4. The topological polar surface area (TPSA) is 110 Å². The van der Waals surface area contributed by atoms with Crippen molar-refractivity contribution in [3.8, 4) is 0 Å². The molecule has 30 heavy (non-hydrogen) atoms. The molecule has 0 radical (unpaired) electrons. The van der Waals surface area contributed by atoms with Crippen LogP contribution < -0.4 is 10.2 Å². The molecule has 0 unspecified atom stereocenters. The summed E-state index contributed by atoms with van der Waals surface area (Å²) >= 11 is 0. The minimum absolute atomic E-state index is 0.0218. The van der Waals surface area contributed by atoms with Crippen LogP contribution in [0.1, 0.15) is 29.9 Å². The van der Waals surface area contributed by atoms with Gasteiger partial charge in [-0.1, -0.05) is 6.07 Å². The van der Waals surface area contributed by atoms with Crippen LogP contribution in [0.2, 0.25) is 0 Å². The van der Waals surface area contributed by atoms with Crippen LogP contribution in [0.4, 0.5) is 17.2 Å². The number of hydrogen-bond donors (Lipinski definition) is 1. The fourth-order valence-corrected chi connectivity index (χ4v) is 3.49. The lowest BCUT2D eigenvalue weighted by atomic mass is 10.0. The first-order valence-electron chi connectivity index (χ1n) is 9.74. The Balaban J connectivity index is 1.67. The Labute approximate surface area is 174 Å². The molecule has 9 heteroatoms. The summed E-state index contributed by atoms with van der Waals surface area (Å²) in [6.45, 7) is 5.45. The Hall–Kier alpha value is -3.49. The normalized spacial score (nSPS) is 14.7. The van der Waals surface area contributed by atoms with Gasteiger partial charge in [-0.2, -0.15) is 0 Å². The van der Waals surface area contributed by atoms with Crippen molar-refractivity contribution < 1.29 is 14.5 Å². The lowest BCUT2D eigenvalue weighted by molar-refractivity contribution is -0.384. The highest BCUT2D eigenvalue weighted by Crippen LogP contribution is 2.29. The summed E-state index contributed by atoms with van der Waals surface area (Å²) < 4.78 is 4.54. The Bertz CT molecular complexity index is 948. The van der Waals surface area contributed by atoms with Crippen LogP contribution in [0, 0.1) is 24.0 Å². The molecule has 0 spiro atoms. The zero-order valence-corrected chi connectivity index (χ0v) is 17.3. The van der Waals surface area contributed by atoms with Crippen molar-refractivity contribution in [2.75, 3.05) is 30.4 Å². The Morgan fingerprint density at radius 1 is 1.27 bits per heavy atom. The first-order valence-corrected chi connectivity index (χ1v) is 9.74. The molecular weight excluding hydrogens is 386 g/mol. The molecule has 9 nitrogen and oxygen atoms in total. The molecule has 1 aromatic carbocycles. The van der Waals surface area contributed by atoms with Crippen molar-refractivity contribution >= 4 is 29.2 Å². The summed E-state index contributed by atoms with van der Waals surface area (Å²) in [5.74, 6) is 1.16. The average molecular weight is 411 g/mol. The van der Waals surface area contributed by atoms with Gasteiger partial charge in [0.05, 0.1) is 12.0 Å². The third kappa shape index (κ3) is 5.31. The molecule has 158 valence electrons. The Kier molecular flexibility index (Phi) is 6.61. The van der Waals surface area contributed by atoms with Gasteiger partial charge in [-0.15, -0.1) is 0 Å². The monoisotopic (exact) mass is 411 g/mol. The lowest BCUT2D eigenvalue weighted by Gasteiger charge is -2.33. The van der Waals surface area contributed by atoms with Crippen molar-refractivity contribution in [3.63, 3.8) is 0 Å². The number of hydrogen-bond acceptors (Lipinski definition) is 8. The van der Waals surface area contributed by atoms with E-state index in [0.29, 0.717) is 11.3 Å². The van der Waals surface area contributed by atoms with Crippen molar-refractivity contribution in [1.82, 2.24) is 9.97 Å². The number of rotatable bonds is 6. The van der Waals surface area contributed by atoms with Crippen molar-refractivity contribution in [2.24, 2.45) is 0 Å². The van der Waals surface area contributed by atoms with Gasteiger partial charge in [0.15, 0.2) is 0 Å². The summed E-state index contributed by atoms with van der Waals surface area (Å²) in [4.78, 5) is 33.4. The van der Waals surface area contributed by atoms with Crippen LogP contribution in [0.3, 0.4) is 0 Å². The van der Waals surface area contributed by atoms with Crippen LogP contribution in [-0.2, 0) is 9.53 Å². The van der Waals surface area contributed by atoms with Gasteiger partial charge in [-0.05, 0) is 44.4 Å². The van der Waals surface area contributed by atoms with Gasteiger partial charge >= 0.3 is 5.97 Å². The molecule has 3 rings (SSSR count). The number of nitrogens with one attached hydrogen (secondary N) is 1. The molecule has 1 aromatic heterocycles. The third-order valence-corrected chi connectivity index (χ3v) is 4.96. The molecule has 0 saturated carbocycles. The summed E-state index contributed by atoms with van der Waals surface area (Å²) in [5, 5.41) is 14.9. The fraction of sp³-hybridized carbons (Fsp3) is 0.381. The van der Waals surface area contributed by atoms with Gasteiger partial charge in [-0.3, -0.25) is 10.1 Å². The van der Waals surface area contributed by atoms with E-state index in [4.69, 9.17) is 0 Å². The number of esters is 1. The predicted octanol–water partition coefficient (Wildman–Crippen LogP) is 3.27. The second-order valence-corrected chi connectivity index (χ2v) is 7.21. The van der Waals surface area contributed by atoms with E-state index >= 15 is 0 Å². The van der Waals surface area contributed by atoms with Gasteiger partial charge in [0.2, 0.25) is 0 Å². The molecule has 2 aromatic rings. The number of nitrogens with zero attached hydrogens (tertiary/aromatic N) is 4. The molecule has 1 N–H and O–H groups in total. The number of anilines is 2. The molecule has 1 aliphatic heterocycles. The SMILES string of the molecule is COC(=O)/C=C/c1ccc(NC2CCN(c3cc(C)nc(C)n3)CC2)c([N+](=O)[O-])c1. The Morgan fingerprint density at radius 3 is 2.63 bits per heavy atom. The van der Waals surface area contributed by atoms with E-state index in [9.17, 15) is 14.9 Å². The summed E-state index contributed by atoms with van der Waals surface area (Å²) in [6.07, 6.45) is 4.40. The third-order valence-electron chi connectivity index (χ3n) is 4.96. The van der Waals surface area contributed by atoms with E-state index in [1.54, 1.807) is 12.1 Å². The molecule has 0 aliphatic carbocycles. The highest BCUT2D eigenvalue weighted by atomic mass is 16.6. The lowest BCUT2D eigenvalue weighted by Crippen LogP contribution is -2.39. The Morgan fingerprint density at radius 2 is 2.00 bits per heavy atom. The zero-order chi connectivity index (χ0) is 21.7. The zero-order valence-electron chi connectivity index (χ0n) is 17.3. The minimum atomic E-state index is -0.513. The standard InChI is InChI=1S/C21H25N5O4/c1-14-12-20(23-15(2)22-14)25-10-8-17(9-11-25)24-18-6-4-16(5-7-21(27)30-3)13-19(18)26(28)29/h4-7,12-13,17,24H,8-11H2,1-3H3/b7-5+. The first kappa shape index (κ1) is 21.2. The molecule has 0 bridgehead atoms. The first-order chi connectivity index (χ1) is 14.4. The number of nitro benzene ring substituents is 1. The maximum atomic E-state index is 11.5. The van der Waals surface area contributed by atoms with Gasteiger partial charge in [0.1, 0.15) is 17.3 Å². The second-order valence-electron chi connectivity index (χ2n) is 7.21. The average Bonchev–Trinajstić information content (AvgIpc) is 2.72. The van der Waals surface area contributed by atoms with Gasteiger partial charge in [0.25, 0.3) is 5.69 Å². The smallest absolute Gasteiger partial charge is 0.330 e. The number of methoxy groups -OCH3 is 1. The maximum absolute atomic E-state index is 11.5. The van der Waals surface area contributed by atoms with Gasteiger partial charge in [0, 0.05) is 43.0 Å². The number of nitro groups is 1. The van der Waals surface area contributed by atoms with Crippen LogP contribution in [0.25, 0.3) is 6.08 Å². The van der Waals surface area contributed by atoms with Crippen LogP contribution in [0.15, 0.2) is 30.3 Å². The summed E-state index contributed by atoms with van der Waals surface area (Å²) in [6, 6.07) is 6.96. The van der Waals surface area contributed by atoms with E-state index in [1.807, 2.05) is 19.9 Å². The van der Waals surface area contributed by atoms with E-state index in [1.165, 1.54) is 25.3 Å². The molecule has 1 fully saturated rings. The minimum Gasteiger partial charge on any atom is -0.466 e. The summed E-state index contributed by atoms with van der Waals surface area (Å²) in [7, 11) is 1.28. The molecule has 1 saturated heterocycles. The number of carbonyl (C=O) groups excluding carboxylic acids is 1. The summed E-state index contributed by atoms with van der Waals surface area (Å²) in [5.41, 5.74) is 1.95. The number of ether oxygens (including phenoxy) is 1. The van der Waals surface area contributed by atoms with Crippen molar-refractivity contribution in [1.29, 1.82) is 0 Å². The number of piperidine rings is 1. The predicted molar refractivity (Wildman–Crippen MR) is 115 cm³/mol. The molecule has 1 aliphatic rings. The fourth-order valence-electron chi connectivity index (χ4n) is 3.49. The quantitative estimate of drug-likeness (QED) is 0.334. The number of carbonyl (C=O) groups is 1. The van der Waals surface area contributed by atoms with E-state index in [0.717, 1.165) is 43.3 Å². The second kappa shape index (κ2) is 9.34.